The summed E-state index contributed by atoms with van der Waals surface area (Å²) in [6.45, 7) is 4.53. The number of benzene rings is 1. The van der Waals surface area contributed by atoms with Crippen molar-refractivity contribution in [2.75, 3.05) is 11.9 Å². The molecule has 1 aromatic carbocycles. The Bertz CT molecular complexity index is 671. The van der Waals surface area contributed by atoms with Crippen molar-refractivity contribution in [1.29, 1.82) is 5.26 Å². The van der Waals surface area contributed by atoms with E-state index in [1.807, 2.05) is 19.1 Å². The molecule has 108 valence electrons. The normalized spacial score (nSPS) is 9.95. The highest BCUT2D eigenvalue weighted by Crippen LogP contribution is 2.23. The number of aryl methyl sites for hydroxylation is 1. The molecule has 1 heterocycles. The van der Waals surface area contributed by atoms with Crippen molar-refractivity contribution in [2.45, 2.75) is 20.4 Å². The number of aromatic nitrogens is 1. The summed E-state index contributed by atoms with van der Waals surface area (Å²) in [6, 6.07) is 9.40. The number of anilines is 1. The van der Waals surface area contributed by atoms with Crippen LogP contribution in [0.3, 0.4) is 0 Å². The largest absolute Gasteiger partial charge is 0.461 e. The number of nitrogens with one attached hydrogen (secondary N) is 1. The zero-order valence-electron chi connectivity index (χ0n) is 11.8. The summed E-state index contributed by atoms with van der Waals surface area (Å²) in [5.41, 5.74) is 2.04. The molecule has 0 atom stereocenters. The van der Waals surface area contributed by atoms with Gasteiger partial charge in [0.25, 0.3) is 0 Å². The Labute approximate surface area is 127 Å². The molecule has 0 bridgehead atoms. The lowest BCUT2D eigenvalue weighted by Gasteiger charge is -2.02. The maximum atomic E-state index is 11.7. The van der Waals surface area contributed by atoms with E-state index in [9.17, 15) is 4.79 Å². The van der Waals surface area contributed by atoms with Gasteiger partial charge < -0.3 is 10.1 Å². The zero-order valence-corrected chi connectivity index (χ0v) is 12.7. The smallest absolute Gasteiger partial charge is 0.358 e. The number of esters is 1. The molecule has 0 amide bonds. The molecule has 0 unspecified atom stereocenters. The van der Waals surface area contributed by atoms with Gasteiger partial charge in [0.2, 0.25) is 0 Å². The van der Waals surface area contributed by atoms with Crippen molar-refractivity contribution >= 4 is 22.4 Å². The monoisotopic (exact) mass is 301 g/mol. The summed E-state index contributed by atoms with van der Waals surface area (Å²) in [7, 11) is 0. The van der Waals surface area contributed by atoms with Gasteiger partial charge in [0, 0.05) is 11.4 Å². The number of hydrogen-bond donors (Lipinski definition) is 1. The van der Waals surface area contributed by atoms with Crippen molar-refractivity contribution in [2.24, 2.45) is 0 Å². The van der Waals surface area contributed by atoms with E-state index >= 15 is 0 Å². The van der Waals surface area contributed by atoms with E-state index in [1.54, 1.807) is 19.1 Å². The van der Waals surface area contributed by atoms with Gasteiger partial charge in [-0.3, -0.25) is 0 Å². The molecule has 0 aliphatic carbocycles. The van der Waals surface area contributed by atoms with Crippen molar-refractivity contribution < 1.29 is 9.53 Å². The van der Waals surface area contributed by atoms with Gasteiger partial charge in [-0.05, 0) is 31.5 Å². The second kappa shape index (κ2) is 6.86. The van der Waals surface area contributed by atoms with Crippen LogP contribution >= 0.6 is 11.3 Å². The van der Waals surface area contributed by atoms with Crippen molar-refractivity contribution in [1.82, 2.24) is 4.98 Å². The topological polar surface area (TPSA) is 75.0 Å². The molecular weight excluding hydrogens is 286 g/mol. The summed E-state index contributed by atoms with van der Waals surface area (Å²) in [6.07, 6.45) is 0. The van der Waals surface area contributed by atoms with E-state index in [0.29, 0.717) is 29.5 Å². The van der Waals surface area contributed by atoms with E-state index in [1.165, 1.54) is 11.3 Å². The minimum atomic E-state index is -0.391. The molecule has 0 spiro atoms. The first-order valence-corrected chi connectivity index (χ1v) is 7.33. The van der Waals surface area contributed by atoms with Crippen LogP contribution in [-0.4, -0.2) is 17.6 Å². The van der Waals surface area contributed by atoms with Crippen LogP contribution in [0.1, 0.15) is 33.4 Å². The van der Waals surface area contributed by atoms with Gasteiger partial charge in [-0.25, -0.2) is 9.78 Å². The molecular formula is C15H15N3O2S. The third kappa shape index (κ3) is 3.80. The molecule has 1 aromatic heterocycles. The number of nitrogens with zero attached hydrogens (tertiary/aromatic N) is 2. The number of carbonyl (C=O) groups excluding carboxylic acids is 1. The second-order valence-electron chi connectivity index (χ2n) is 4.31. The van der Waals surface area contributed by atoms with Gasteiger partial charge in [0.05, 0.1) is 18.2 Å². The van der Waals surface area contributed by atoms with E-state index in [0.717, 1.165) is 10.4 Å². The number of thiazole rings is 1. The molecule has 5 nitrogen and oxygen atoms in total. The van der Waals surface area contributed by atoms with E-state index in [-0.39, 0.29) is 0 Å². The molecule has 21 heavy (non-hydrogen) atoms. The number of rotatable bonds is 5. The van der Waals surface area contributed by atoms with Crippen molar-refractivity contribution in [3.8, 4) is 6.07 Å². The zero-order chi connectivity index (χ0) is 15.2. The van der Waals surface area contributed by atoms with E-state index in [4.69, 9.17) is 10.00 Å². The van der Waals surface area contributed by atoms with Crippen LogP contribution in [0.15, 0.2) is 24.3 Å². The lowest BCUT2D eigenvalue weighted by molar-refractivity contribution is 0.0519. The van der Waals surface area contributed by atoms with Crippen molar-refractivity contribution in [3.05, 3.63) is 46.0 Å². The quantitative estimate of drug-likeness (QED) is 0.859. The van der Waals surface area contributed by atoms with Gasteiger partial charge in [0.15, 0.2) is 10.8 Å². The minimum absolute atomic E-state index is 0.337. The molecule has 2 rings (SSSR count). The lowest BCUT2D eigenvalue weighted by atomic mass is 10.1. The fraction of sp³-hybridized carbons (Fsp3) is 0.267. The van der Waals surface area contributed by atoms with Crippen LogP contribution in [0, 0.1) is 18.3 Å². The van der Waals surface area contributed by atoms with Crippen LogP contribution < -0.4 is 5.32 Å². The Morgan fingerprint density at radius 2 is 2.14 bits per heavy atom. The Hall–Kier alpha value is -2.39. The summed E-state index contributed by atoms with van der Waals surface area (Å²) in [5, 5.41) is 12.6. The SMILES string of the molecule is CCOC(=O)c1nc(NCc2ccc(C#N)cc2)sc1C. The number of ether oxygens (including phenoxy) is 1. The standard InChI is InChI=1S/C15H15N3O2S/c1-3-20-14(19)13-10(2)21-15(18-13)17-9-12-6-4-11(8-16)5-7-12/h4-7H,3,9H2,1-2H3,(H,17,18). The summed E-state index contributed by atoms with van der Waals surface area (Å²) < 4.78 is 4.96. The van der Waals surface area contributed by atoms with Crippen LogP contribution in [-0.2, 0) is 11.3 Å². The summed E-state index contributed by atoms with van der Waals surface area (Å²) in [4.78, 5) is 16.8. The van der Waals surface area contributed by atoms with Crippen LogP contribution in [0.5, 0.6) is 0 Å². The number of hydrogen-bond acceptors (Lipinski definition) is 6. The predicted octanol–water partition coefficient (Wildman–Crippen LogP) is 3.11. The first-order valence-electron chi connectivity index (χ1n) is 6.51. The summed E-state index contributed by atoms with van der Waals surface area (Å²) in [5.74, 6) is -0.391. The highest BCUT2D eigenvalue weighted by Gasteiger charge is 2.16. The van der Waals surface area contributed by atoms with Gasteiger partial charge in [-0.15, -0.1) is 11.3 Å². The first-order chi connectivity index (χ1) is 10.1. The lowest BCUT2D eigenvalue weighted by Crippen LogP contribution is -2.07. The third-order valence-electron chi connectivity index (χ3n) is 2.79. The molecule has 0 aliphatic heterocycles. The van der Waals surface area contributed by atoms with E-state index in [2.05, 4.69) is 16.4 Å². The van der Waals surface area contributed by atoms with Gasteiger partial charge >= 0.3 is 5.97 Å². The molecule has 6 heteroatoms. The fourth-order valence-electron chi connectivity index (χ4n) is 1.74. The first kappa shape index (κ1) is 15.0. The molecule has 0 saturated heterocycles. The highest BCUT2D eigenvalue weighted by atomic mass is 32.1. The van der Waals surface area contributed by atoms with Gasteiger partial charge in [0.1, 0.15) is 0 Å². The van der Waals surface area contributed by atoms with Crippen LogP contribution in [0.25, 0.3) is 0 Å². The maximum Gasteiger partial charge on any atom is 0.358 e. The van der Waals surface area contributed by atoms with Crippen LogP contribution in [0.2, 0.25) is 0 Å². The molecule has 0 saturated carbocycles. The minimum Gasteiger partial charge on any atom is -0.461 e. The molecule has 2 aromatic rings. The Kier molecular flexibility index (Phi) is 4.90. The number of nitriles is 1. The second-order valence-corrected chi connectivity index (χ2v) is 5.51. The molecule has 0 fully saturated rings. The molecule has 0 radical (unpaired) electrons. The van der Waals surface area contributed by atoms with Crippen LogP contribution in [0.4, 0.5) is 5.13 Å². The number of carbonyl (C=O) groups is 1. The third-order valence-corrected chi connectivity index (χ3v) is 3.72. The van der Waals surface area contributed by atoms with E-state index < -0.39 is 5.97 Å². The molecule has 0 aliphatic rings. The van der Waals surface area contributed by atoms with Crippen molar-refractivity contribution in [3.63, 3.8) is 0 Å². The Balaban J connectivity index is 2.01. The predicted molar refractivity (Wildman–Crippen MR) is 81.3 cm³/mol. The fourth-order valence-corrected chi connectivity index (χ4v) is 2.53. The maximum absolute atomic E-state index is 11.7. The summed E-state index contributed by atoms with van der Waals surface area (Å²) >= 11 is 1.42. The Morgan fingerprint density at radius 1 is 1.43 bits per heavy atom. The Morgan fingerprint density at radius 3 is 2.76 bits per heavy atom. The average Bonchev–Trinajstić information content (AvgIpc) is 2.87. The highest BCUT2D eigenvalue weighted by molar-refractivity contribution is 7.15. The molecule has 1 N–H and O–H groups in total. The van der Waals surface area contributed by atoms with Gasteiger partial charge in [-0.2, -0.15) is 5.26 Å². The van der Waals surface area contributed by atoms with Gasteiger partial charge in [-0.1, -0.05) is 12.1 Å². The average molecular weight is 301 g/mol.